The number of aliphatic hydroxyl groups excluding tert-OH is 1. The Hall–Kier alpha value is -5.04. The van der Waals surface area contributed by atoms with Crippen LogP contribution in [0.25, 0.3) is 0 Å². The van der Waals surface area contributed by atoms with E-state index in [0.717, 1.165) is 41.5 Å². The molecule has 13 heteroatoms. The van der Waals surface area contributed by atoms with Crippen molar-refractivity contribution in [3.63, 3.8) is 0 Å². The van der Waals surface area contributed by atoms with E-state index in [1.54, 1.807) is 24.3 Å². The Morgan fingerprint density at radius 2 is 1.57 bits per heavy atom. The van der Waals surface area contributed by atoms with Crippen LogP contribution in [0.4, 0.5) is 0 Å². The van der Waals surface area contributed by atoms with Crippen molar-refractivity contribution in [2.24, 2.45) is 39.9 Å². The highest BCUT2D eigenvalue weighted by molar-refractivity contribution is 5.90. The molecule has 1 N–H and O–H groups in total. The molecular weight excluding hydrogens is 807 g/mol. The van der Waals surface area contributed by atoms with Gasteiger partial charge in [-0.3, -0.25) is 14.4 Å². The van der Waals surface area contributed by atoms with Gasteiger partial charge in [0, 0.05) is 12.5 Å². The molecule has 0 saturated heterocycles. The number of hydrogen-bond acceptors (Lipinski definition) is 12. The van der Waals surface area contributed by atoms with Gasteiger partial charge in [0.2, 0.25) is 0 Å². The molecule has 0 aromatic heterocycles. The van der Waals surface area contributed by atoms with Crippen LogP contribution in [-0.2, 0) is 51.3 Å². The molecule has 0 radical (unpaired) electrons. The smallest absolute Gasteiger partial charge is 0.334 e. The van der Waals surface area contributed by atoms with E-state index < -0.39 is 46.6 Å². The van der Waals surface area contributed by atoms with Gasteiger partial charge in [0.1, 0.15) is 31.2 Å². The number of allylic oxidation sites excluding steroid dienone is 2. The van der Waals surface area contributed by atoms with Crippen molar-refractivity contribution < 1.29 is 53.2 Å². The summed E-state index contributed by atoms with van der Waals surface area (Å²) in [5.41, 5.74) is 3.05. The van der Waals surface area contributed by atoms with Gasteiger partial charge in [0.25, 0.3) is 5.09 Å². The fraction of sp³-hybridized carbons (Fsp3) is 0.600. The lowest BCUT2D eigenvalue weighted by Gasteiger charge is -2.69. The number of ether oxygens (including phenoxy) is 4. The SMILES string of the molecule is CC(=O)O[C@H]1C[C@@]2(C)[C@@H](C[C@@H](O)[C@H]3[C@@]4(C)CC[C@@H](OC(=O)CCC(=O)Oc5ccc(CCO[N+](=O)[O-])cc5)[C@@H](C)[C@@H]4CC[C@@]32C)/C1=C(\CCC=C(C)C)C(=O)OCc1ccccc1. The van der Waals surface area contributed by atoms with Crippen LogP contribution in [0.5, 0.6) is 5.75 Å². The van der Waals surface area contributed by atoms with Crippen molar-refractivity contribution in [3.8, 4) is 5.75 Å². The Bertz CT molecular complexity index is 2060. The number of nitrogens with zero attached hydrogens (tertiary/aromatic N) is 1. The molecule has 0 spiro atoms. The minimum atomic E-state index is -0.844. The number of esters is 4. The Balaban J connectivity index is 1.16. The van der Waals surface area contributed by atoms with E-state index in [2.05, 4.69) is 38.6 Å². The Labute approximate surface area is 371 Å². The molecule has 4 aliphatic rings. The standard InChI is InChI=1S/C50H65NO12/c1-31(2)12-11-15-37(47(56)59-30-35-13-9-8-10-14-35)45-39-28-40(53)46-48(5)25-23-41(32(3)38(48)22-26-49(46,6)50(39,7)29-42(45)61-33(4)52)63-44(55)21-20-43(54)62-36-18-16-34(17-19-36)24-27-60-51(57)58/h8-10,12-14,16-19,32,38-42,46,53H,11,15,20-30H2,1-7H3/b45-37-/t32-,38-,39-,40+,41+,42-,46-,48-,49-,50-/m0/s1. The van der Waals surface area contributed by atoms with Crippen molar-refractivity contribution in [1.29, 1.82) is 0 Å². The predicted molar refractivity (Wildman–Crippen MR) is 233 cm³/mol. The minimum Gasteiger partial charge on any atom is -0.462 e. The lowest BCUT2D eigenvalue weighted by Crippen LogP contribution is -2.65. The van der Waals surface area contributed by atoms with E-state index >= 15 is 0 Å². The van der Waals surface area contributed by atoms with Crippen LogP contribution in [-0.4, -0.2) is 59.0 Å². The first-order chi connectivity index (χ1) is 29.9. The van der Waals surface area contributed by atoms with Crippen LogP contribution in [0.3, 0.4) is 0 Å². The van der Waals surface area contributed by atoms with E-state index in [0.29, 0.717) is 49.8 Å². The van der Waals surface area contributed by atoms with Gasteiger partial charge in [-0.1, -0.05) is 81.8 Å². The Morgan fingerprint density at radius 1 is 0.873 bits per heavy atom. The Kier molecular flexibility index (Phi) is 14.9. The number of hydrogen-bond donors (Lipinski definition) is 1. The van der Waals surface area contributed by atoms with Crippen molar-refractivity contribution in [3.05, 3.63) is 98.6 Å². The average Bonchev–Trinajstić information content (AvgIpc) is 3.50. The molecule has 0 heterocycles. The number of carbonyl (C=O) groups excluding carboxylic acids is 4. The third kappa shape index (κ3) is 10.3. The molecule has 13 nitrogen and oxygen atoms in total. The number of carbonyl (C=O) groups is 4. The van der Waals surface area contributed by atoms with E-state index in [-0.39, 0.29) is 66.7 Å². The highest BCUT2D eigenvalue weighted by atomic mass is 16.9. The summed E-state index contributed by atoms with van der Waals surface area (Å²) in [6, 6.07) is 16.1. The second-order valence-corrected chi connectivity index (χ2v) is 19.3. The van der Waals surface area contributed by atoms with Crippen molar-refractivity contribution in [2.75, 3.05) is 6.61 Å². The normalized spacial score (nSPS) is 31.5. The van der Waals surface area contributed by atoms with Gasteiger partial charge in [0.05, 0.1) is 18.9 Å². The van der Waals surface area contributed by atoms with Crippen molar-refractivity contribution >= 4 is 23.9 Å². The maximum Gasteiger partial charge on any atom is 0.334 e. The molecule has 0 unspecified atom stereocenters. The molecule has 2 aromatic rings. The second kappa shape index (κ2) is 19.8. The molecule has 0 bridgehead atoms. The topological polar surface area (TPSA) is 178 Å². The van der Waals surface area contributed by atoms with E-state index in [1.165, 1.54) is 6.92 Å². The number of rotatable bonds is 16. The van der Waals surface area contributed by atoms with Gasteiger partial charge < -0.3 is 28.9 Å². The third-order valence-corrected chi connectivity index (χ3v) is 15.3. The van der Waals surface area contributed by atoms with Gasteiger partial charge in [-0.25, -0.2) is 4.79 Å². The summed E-state index contributed by atoms with van der Waals surface area (Å²) in [4.78, 5) is 67.6. The van der Waals surface area contributed by atoms with Gasteiger partial charge in [-0.15, -0.1) is 10.1 Å². The fourth-order valence-electron chi connectivity index (χ4n) is 12.3. The minimum absolute atomic E-state index is 0.00472. The van der Waals surface area contributed by atoms with Gasteiger partial charge in [0.15, 0.2) is 0 Å². The summed E-state index contributed by atoms with van der Waals surface area (Å²) >= 11 is 0. The summed E-state index contributed by atoms with van der Waals surface area (Å²) < 4.78 is 23.6. The molecule has 6 rings (SSSR count). The molecule has 10 atom stereocenters. The molecule has 0 aliphatic heterocycles. The molecular formula is C50H65NO12. The first-order valence-electron chi connectivity index (χ1n) is 22.5. The molecule has 342 valence electrons. The molecule has 63 heavy (non-hydrogen) atoms. The summed E-state index contributed by atoms with van der Waals surface area (Å²) in [6.07, 6.45) is 5.51. The van der Waals surface area contributed by atoms with Crippen molar-refractivity contribution in [1.82, 2.24) is 0 Å². The highest BCUT2D eigenvalue weighted by Gasteiger charge is 2.71. The molecule has 2 aromatic carbocycles. The first kappa shape index (κ1) is 47.4. The summed E-state index contributed by atoms with van der Waals surface area (Å²) in [7, 11) is 0. The van der Waals surface area contributed by atoms with Crippen LogP contribution in [0.1, 0.15) is 124 Å². The lowest BCUT2D eigenvalue weighted by atomic mass is 9.36. The second-order valence-electron chi connectivity index (χ2n) is 19.3. The largest absolute Gasteiger partial charge is 0.462 e. The van der Waals surface area contributed by atoms with Crippen LogP contribution < -0.4 is 4.74 Å². The fourth-order valence-corrected chi connectivity index (χ4v) is 12.3. The van der Waals surface area contributed by atoms with E-state index in [1.807, 2.05) is 44.2 Å². The third-order valence-electron chi connectivity index (χ3n) is 15.3. The highest BCUT2D eigenvalue weighted by Crippen LogP contribution is 2.74. The average molecular weight is 872 g/mol. The lowest BCUT2D eigenvalue weighted by molar-refractivity contribution is -0.757. The Morgan fingerprint density at radius 3 is 2.24 bits per heavy atom. The zero-order chi connectivity index (χ0) is 45.7. The monoisotopic (exact) mass is 871 g/mol. The molecule has 4 fully saturated rings. The number of fused-ring (bicyclic) bond motifs is 5. The summed E-state index contributed by atoms with van der Waals surface area (Å²) in [5, 5.41) is 22.1. The number of benzene rings is 2. The van der Waals surface area contributed by atoms with Gasteiger partial charge in [-0.2, -0.15) is 0 Å². The summed E-state index contributed by atoms with van der Waals surface area (Å²) in [6.45, 7) is 14.5. The van der Waals surface area contributed by atoms with E-state index in [4.69, 9.17) is 18.9 Å². The van der Waals surface area contributed by atoms with Crippen molar-refractivity contribution in [2.45, 2.75) is 144 Å². The zero-order valence-corrected chi connectivity index (χ0v) is 37.9. The first-order valence-corrected chi connectivity index (χ1v) is 22.5. The van der Waals surface area contributed by atoms with Crippen LogP contribution in [0, 0.1) is 50.0 Å². The zero-order valence-electron chi connectivity index (χ0n) is 37.9. The van der Waals surface area contributed by atoms with Gasteiger partial charge >= 0.3 is 23.9 Å². The van der Waals surface area contributed by atoms with E-state index in [9.17, 15) is 34.4 Å². The predicted octanol–water partition coefficient (Wildman–Crippen LogP) is 9.01. The van der Waals surface area contributed by atoms with Gasteiger partial charge in [-0.05, 0) is 140 Å². The van der Waals surface area contributed by atoms with Crippen LogP contribution >= 0.6 is 0 Å². The maximum atomic E-state index is 14.2. The van der Waals surface area contributed by atoms with Crippen LogP contribution in [0.2, 0.25) is 0 Å². The molecule has 0 amide bonds. The molecule has 4 aliphatic carbocycles. The quantitative estimate of drug-likeness (QED) is 0.0323. The molecule has 4 saturated carbocycles. The summed E-state index contributed by atoms with van der Waals surface area (Å²) in [5.74, 6) is -1.72. The van der Waals surface area contributed by atoms with Crippen LogP contribution in [0.15, 0.2) is 77.4 Å². The maximum absolute atomic E-state index is 14.2. The number of aliphatic hydroxyl groups is 1.